The van der Waals surface area contributed by atoms with Crippen molar-refractivity contribution in [3.8, 4) is 0 Å². The molecule has 56 valence electrons. The molecule has 4 nitrogen and oxygen atoms in total. The van der Waals surface area contributed by atoms with Crippen LogP contribution in [0.4, 0.5) is 0 Å². The van der Waals surface area contributed by atoms with Gasteiger partial charge in [0.25, 0.3) is 5.91 Å². The minimum Gasteiger partial charge on any atom is -0.372 e. The van der Waals surface area contributed by atoms with Crippen LogP contribution in [0.15, 0.2) is 4.99 Å². The summed E-state index contributed by atoms with van der Waals surface area (Å²) in [5.74, 6) is -0.580. The molecule has 0 N–H and O–H groups in total. The molecule has 0 aliphatic carbocycles. The van der Waals surface area contributed by atoms with Crippen LogP contribution in [0, 0.1) is 0 Å². The van der Waals surface area contributed by atoms with Crippen molar-refractivity contribution in [2.24, 2.45) is 4.99 Å². The zero-order valence-electron chi connectivity index (χ0n) is 5.79. The molecule has 0 spiro atoms. The fourth-order valence-corrected chi connectivity index (χ4v) is 0.387. The van der Waals surface area contributed by atoms with Gasteiger partial charge in [-0.15, -0.1) is 4.99 Å². The van der Waals surface area contributed by atoms with E-state index in [2.05, 4.69) is 4.99 Å². The van der Waals surface area contributed by atoms with Gasteiger partial charge in [-0.3, -0.25) is 4.79 Å². The number of aliphatic imine (C=N–C) groups is 1. The molecule has 0 bridgehead atoms. The Bertz CT molecular complexity index is 149. The second-order valence-corrected chi connectivity index (χ2v) is 1.65. The number of rotatable bonds is 4. The number of nitrogens with zero attached hydrogens (tertiary/aromatic N) is 1. The van der Waals surface area contributed by atoms with Crippen LogP contribution in [-0.2, 0) is 14.3 Å². The van der Waals surface area contributed by atoms with Crippen molar-refractivity contribution < 1.29 is 14.3 Å². The second kappa shape index (κ2) is 6.13. The van der Waals surface area contributed by atoms with Crippen LogP contribution in [0.5, 0.6) is 0 Å². The van der Waals surface area contributed by atoms with Crippen LogP contribution < -0.4 is 0 Å². The number of hydrogen-bond acceptors (Lipinski definition) is 3. The molecule has 0 aliphatic heterocycles. The number of carbonyl (C=O) groups is 1. The average Bonchev–Trinajstić information content (AvgIpc) is 1.89. The average molecular weight is 143 g/mol. The minimum absolute atomic E-state index is 0.122. The van der Waals surface area contributed by atoms with Crippen molar-refractivity contribution in [1.82, 2.24) is 0 Å². The van der Waals surface area contributed by atoms with E-state index in [9.17, 15) is 9.59 Å². The van der Waals surface area contributed by atoms with Crippen molar-refractivity contribution in [1.29, 1.82) is 0 Å². The van der Waals surface area contributed by atoms with Crippen LogP contribution >= 0.6 is 0 Å². The van der Waals surface area contributed by atoms with Gasteiger partial charge in [0.05, 0.1) is 0 Å². The molecule has 0 aliphatic rings. The lowest BCUT2D eigenvalue weighted by Crippen LogP contribution is -2.05. The number of hydrogen-bond donors (Lipinski definition) is 0. The van der Waals surface area contributed by atoms with Gasteiger partial charge in [-0.1, -0.05) is 6.92 Å². The number of ether oxygens (including phenoxy) is 1. The van der Waals surface area contributed by atoms with Gasteiger partial charge >= 0.3 is 0 Å². The maximum absolute atomic E-state index is 10.4. The summed E-state index contributed by atoms with van der Waals surface area (Å²) in [6, 6.07) is 0. The lowest BCUT2D eigenvalue weighted by atomic mass is 10.5. The highest BCUT2D eigenvalue weighted by Gasteiger charge is 1.95. The van der Waals surface area contributed by atoms with Crippen LogP contribution in [0.1, 0.15) is 13.3 Å². The van der Waals surface area contributed by atoms with E-state index in [-0.39, 0.29) is 6.61 Å². The van der Waals surface area contributed by atoms with E-state index < -0.39 is 5.91 Å². The molecule has 0 fully saturated rings. The molecule has 1 amide bonds. The van der Waals surface area contributed by atoms with Gasteiger partial charge in [0.15, 0.2) is 0 Å². The molecule has 0 rings (SSSR count). The molecule has 0 aromatic heterocycles. The lowest BCUT2D eigenvalue weighted by molar-refractivity contribution is -0.122. The van der Waals surface area contributed by atoms with Crippen molar-refractivity contribution >= 4 is 12.0 Å². The van der Waals surface area contributed by atoms with E-state index in [4.69, 9.17) is 4.74 Å². The highest BCUT2D eigenvalue weighted by molar-refractivity contribution is 5.82. The van der Waals surface area contributed by atoms with Crippen molar-refractivity contribution in [3.63, 3.8) is 0 Å². The van der Waals surface area contributed by atoms with E-state index >= 15 is 0 Å². The molecule has 0 saturated carbocycles. The highest BCUT2D eigenvalue weighted by atomic mass is 16.5. The molecule has 10 heavy (non-hydrogen) atoms. The second-order valence-electron chi connectivity index (χ2n) is 1.65. The first-order chi connectivity index (χ1) is 4.81. The highest BCUT2D eigenvalue weighted by Crippen LogP contribution is 1.81. The topological polar surface area (TPSA) is 55.7 Å². The largest absolute Gasteiger partial charge is 0.372 e. The third-order valence-corrected chi connectivity index (χ3v) is 0.744. The summed E-state index contributed by atoms with van der Waals surface area (Å²) in [6.45, 7) is 2.32. The van der Waals surface area contributed by atoms with Crippen LogP contribution in [0.2, 0.25) is 0 Å². The molecule has 0 saturated heterocycles. The van der Waals surface area contributed by atoms with E-state index in [1.165, 1.54) is 0 Å². The van der Waals surface area contributed by atoms with E-state index in [0.29, 0.717) is 6.61 Å². The molecule has 0 unspecified atom stereocenters. The zero-order valence-corrected chi connectivity index (χ0v) is 5.79. The van der Waals surface area contributed by atoms with E-state index in [1.807, 2.05) is 6.92 Å². The predicted molar refractivity (Wildman–Crippen MR) is 34.2 cm³/mol. The van der Waals surface area contributed by atoms with Crippen LogP contribution in [0.3, 0.4) is 0 Å². The first-order valence-electron chi connectivity index (χ1n) is 2.99. The van der Waals surface area contributed by atoms with Crippen molar-refractivity contribution in [2.45, 2.75) is 13.3 Å². The molecular weight excluding hydrogens is 134 g/mol. The zero-order chi connectivity index (χ0) is 7.82. The van der Waals surface area contributed by atoms with Crippen LogP contribution in [-0.4, -0.2) is 25.2 Å². The van der Waals surface area contributed by atoms with Crippen molar-refractivity contribution in [3.05, 3.63) is 0 Å². The molecule has 4 heteroatoms. The van der Waals surface area contributed by atoms with Crippen molar-refractivity contribution in [2.75, 3.05) is 13.2 Å². The SMILES string of the molecule is CCCOCC(=O)N=C=O. The number of amides is 1. The predicted octanol–water partition coefficient (Wildman–Crippen LogP) is 0.275. The summed E-state index contributed by atoms with van der Waals surface area (Å²) in [6.07, 6.45) is 1.99. The third kappa shape index (κ3) is 5.15. The number of isocyanates is 1. The van der Waals surface area contributed by atoms with Crippen LogP contribution in [0.25, 0.3) is 0 Å². The van der Waals surface area contributed by atoms with Gasteiger partial charge < -0.3 is 4.74 Å². The van der Waals surface area contributed by atoms with Gasteiger partial charge in [0.1, 0.15) is 6.61 Å². The van der Waals surface area contributed by atoms with Gasteiger partial charge in [-0.25, -0.2) is 4.79 Å². The first kappa shape index (κ1) is 9.01. The molecule has 0 radical (unpaired) electrons. The summed E-state index contributed by atoms with van der Waals surface area (Å²) in [5.41, 5.74) is 0. The fourth-order valence-electron chi connectivity index (χ4n) is 0.387. The minimum atomic E-state index is -0.580. The summed E-state index contributed by atoms with van der Waals surface area (Å²) >= 11 is 0. The smallest absolute Gasteiger partial charge is 0.282 e. The first-order valence-corrected chi connectivity index (χ1v) is 2.99. The molecule has 0 aromatic rings. The Balaban J connectivity index is 3.31. The van der Waals surface area contributed by atoms with Gasteiger partial charge in [-0.05, 0) is 6.42 Å². The Morgan fingerprint density at radius 1 is 1.70 bits per heavy atom. The van der Waals surface area contributed by atoms with Gasteiger partial charge in [0, 0.05) is 6.61 Å². The monoisotopic (exact) mass is 143 g/mol. The van der Waals surface area contributed by atoms with Gasteiger partial charge in [0.2, 0.25) is 6.08 Å². The molecule has 0 heterocycles. The normalized spacial score (nSPS) is 8.50. The molecular formula is C6H9NO3. The molecule has 0 aromatic carbocycles. The Hall–Kier alpha value is -0.990. The Labute approximate surface area is 58.9 Å². The van der Waals surface area contributed by atoms with E-state index in [0.717, 1.165) is 12.5 Å². The summed E-state index contributed by atoms with van der Waals surface area (Å²) in [5, 5.41) is 0. The maximum atomic E-state index is 10.4. The molecule has 0 atom stereocenters. The Morgan fingerprint density at radius 3 is 2.90 bits per heavy atom. The quantitative estimate of drug-likeness (QED) is 0.322. The summed E-state index contributed by atoms with van der Waals surface area (Å²) < 4.78 is 4.77. The Morgan fingerprint density at radius 2 is 2.40 bits per heavy atom. The standard InChI is InChI=1S/C6H9NO3/c1-2-3-10-4-6(9)7-5-8/h2-4H2,1H3. The Kier molecular flexibility index (Phi) is 5.53. The number of carbonyl (C=O) groups excluding carboxylic acids is 2. The summed E-state index contributed by atoms with van der Waals surface area (Å²) in [4.78, 5) is 22.7. The maximum Gasteiger partial charge on any atom is 0.282 e. The van der Waals surface area contributed by atoms with Gasteiger partial charge in [-0.2, -0.15) is 0 Å². The summed E-state index contributed by atoms with van der Waals surface area (Å²) in [7, 11) is 0. The lowest BCUT2D eigenvalue weighted by Gasteiger charge is -1.94. The fraction of sp³-hybridized carbons (Fsp3) is 0.667. The third-order valence-electron chi connectivity index (χ3n) is 0.744. The van der Waals surface area contributed by atoms with E-state index in [1.54, 1.807) is 0 Å².